The SMILES string of the molecule is CCCCCCCCN(CCCCCCCC)CC1OC(c2ccc(NC(=O)c3ccccc3)cc2)OC(c2ccc(CO)cc2)C1C. The maximum absolute atomic E-state index is 12.7. The molecule has 4 unspecified atom stereocenters. The van der Waals surface area contributed by atoms with E-state index in [1.807, 2.05) is 66.7 Å². The Morgan fingerprint density at radius 1 is 0.708 bits per heavy atom. The van der Waals surface area contributed by atoms with Crippen LogP contribution in [0.15, 0.2) is 78.9 Å². The molecule has 1 aliphatic heterocycles. The summed E-state index contributed by atoms with van der Waals surface area (Å²) in [5, 5.41) is 12.6. The van der Waals surface area contributed by atoms with Gasteiger partial charge in [0.05, 0.1) is 18.8 Å². The summed E-state index contributed by atoms with van der Waals surface area (Å²) in [6.45, 7) is 9.90. The van der Waals surface area contributed by atoms with Crippen molar-refractivity contribution in [2.75, 3.05) is 25.0 Å². The standard InChI is InChI=1S/C42H60N2O4/c1-4-6-8-10-12-17-29-44(30-18-13-11-9-7-5-2)31-39-33(3)40(35-23-21-34(32-45)22-24-35)48-42(47-39)37-25-27-38(28-26-37)43-41(46)36-19-15-14-16-20-36/h14-16,19-28,33,39-40,42,45H,4-13,17-18,29-32H2,1-3H3,(H,43,46). The molecule has 1 amide bonds. The number of anilines is 1. The number of nitrogens with one attached hydrogen (secondary N) is 1. The molecule has 3 aromatic carbocycles. The van der Waals surface area contributed by atoms with Gasteiger partial charge in [-0.05, 0) is 61.3 Å². The largest absolute Gasteiger partial charge is 0.392 e. The highest BCUT2D eigenvalue weighted by Crippen LogP contribution is 2.42. The molecule has 262 valence electrons. The summed E-state index contributed by atoms with van der Waals surface area (Å²) in [5.74, 6) is 0.00637. The number of unbranched alkanes of at least 4 members (excludes halogenated alkanes) is 10. The fourth-order valence-corrected chi connectivity index (χ4v) is 6.62. The van der Waals surface area contributed by atoms with Gasteiger partial charge in [0.2, 0.25) is 0 Å². The van der Waals surface area contributed by atoms with Crippen LogP contribution in [0, 0.1) is 5.92 Å². The van der Waals surface area contributed by atoms with E-state index < -0.39 is 6.29 Å². The summed E-state index contributed by atoms with van der Waals surface area (Å²) in [7, 11) is 0. The third kappa shape index (κ3) is 12.1. The first-order chi connectivity index (χ1) is 23.5. The Labute approximate surface area is 290 Å². The van der Waals surface area contributed by atoms with Crippen molar-refractivity contribution in [2.24, 2.45) is 5.92 Å². The van der Waals surface area contributed by atoms with Crippen molar-refractivity contribution in [3.8, 4) is 0 Å². The molecule has 0 radical (unpaired) electrons. The van der Waals surface area contributed by atoms with Gasteiger partial charge in [0, 0.05) is 29.3 Å². The minimum Gasteiger partial charge on any atom is -0.392 e. The van der Waals surface area contributed by atoms with Gasteiger partial charge in [-0.15, -0.1) is 0 Å². The zero-order chi connectivity index (χ0) is 34.0. The van der Waals surface area contributed by atoms with Crippen LogP contribution in [0.5, 0.6) is 0 Å². The van der Waals surface area contributed by atoms with E-state index in [-0.39, 0.29) is 30.6 Å². The lowest BCUT2D eigenvalue weighted by molar-refractivity contribution is -0.276. The minimum absolute atomic E-state index is 0.0103. The Bertz CT molecular complexity index is 1280. The number of aliphatic hydroxyl groups excluding tert-OH is 1. The van der Waals surface area contributed by atoms with Crippen LogP contribution < -0.4 is 5.32 Å². The molecule has 1 saturated heterocycles. The van der Waals surface area contributed by atoms with Gasteiger partial charge in [-0.25, -0.2) is 0 Å². The predicted octanol–water partition coefficient (Wildman–Crippen LogP) is 10.2. The lowest BCUT2D eigenvalue weighted by atomic mass is 9.90. The first-order valence-corrected chi connectivity index (χ1v) is 18.7. The van der Waals surface area contributed by atoms with Crippen molar-refractivity contribution < 1.29 is 19.4 Å². The summed E-state index contributed by atoms with van der Waals surface area (Å²) in [6, 6.07) is 25.2. The van der Waals surface area contributed by atoms with Crippen molar-refractivity contribution in [3.63, 3.8) is 0 Å². The molecule has 0 bridgehead atoms. The van der Waals surface area contributed by atoms with Crippen LogP contribution in [-0.4, -0.2) is 41.7 Å². The number of aliphatic hydroxyl groups is 1. The van der Waals surface area contributed by atoms with Crippen LogP contribution in [0.4, 0.5) is 5.69 Å². The highest BCUT2D eigenvalue weighted by molar-refractivity contribution is 6.04. The lowest BCUT2D eigenvalue weighted by Gasteiger charge is -2.43. The number of nitrogens with zero attached hydrogens (tertiary/aromatic N) is 1. The van der Waals surface area contributed by atoms with Gasteiger partial charge in [0.25, 0.3) is 5.91 Å². The minimum atomic E-state index is -0.530. The highest BCUT2D eigenvalue weighted by atomic mass is 16.7. The number of amides is 1. The average Bonchev–Trinajstić information content (AvgIpc) is 3.12. The normalized spacial score (nSPS) is 19.4. The van der Waals surface area contributed by atoms with Crippen LogP contribution in [0.1, 0.15) is 137 Å². The first kappa shape index (κ1) is 37.8. The molecule has 6 nitrogen and oxygen atoms in total. The summed E-state index contributed by atoms with van der Waals surface area (Å²) in [6.07, 6.45) is 14.9. The fraction of sp³-hybridized carbons (Fsp3) is 0.548. The van der Waals surface area contributed by atoms with Gasteiger partial charge in [-0.3, -0.25) is 4.79 Å². The fourth-order valence-electron chi connectivity index (χ4n) is 6.62. The molecular formula is C42H60N2O4. The predicted molar refractivity (Wildman–Crippen MR) is 197 cm³/mol. The monoisotopic (exact) mass is 656 g/mol. The zero-order valence-corrected chi connectivity index (χ0v) is 29.7. The number of ether oxygens (including phenoxy) is 2. The molecule has 4 atom stereocenters. The number of hydrogen-bond acceptors (Lipinski definition) is 5. The topological polar surface area (TPSA) is 71.0 Å². The molecule has 1 fully saturated rings. The molecule has 4 rings (SSSR count). The Kier molecular flexibility index (Phi) is 16.6. The lowest BCUT2D eigenvalue weighted by Crippen LogP contribution is -2.45. The molecule has 1 heterocycles. The average molecular weight is 657 g/mol. The van der Waals surface area contributed by atoms with E-state index in [1.165, 1.54) is 77.0 Å². The van der Waals surface area contributed by atoms with Crippen molar-refractivity contribution in [1.29, 1.82) is 0 Å². The Morgan fingerprint density at radius 3 is 1.85 bits per heavy atom. The van der Waals surface area contributed by atoms with E-state index in [1.54, 1.807) is 0 Å². The van der Waals surface area contributed by atoms with Gasteiger partial charge < -0.3 is 24.8 Å². The third-order valence-corrected chi connectivity index (χ3v) is 9.69. The summed E-state index contributed by atoms with van der Waals surface area (Å²) >= 11 is 0. The number of carbonyl (C=O) groups excluding carboxylic acids is 1. The molecular weight excluding hydrogens is 596 g/mol. The van der Waals surface area contributed by atoms with Crippen LogP contribution in [0.2, 0.25) is 0 Å². The molecule has 2 N–H and O–H groups in total. The number of hydrogen-bond donors (Lipinski definition) is 2. The van der Waals surface area contributed by atoms with Crippen LogP contribution >= 0.6 is 0 Å². The smallest absolute Gasteiger partial charge is 0.255 e. The van der Waals surface area contributed by atoms with E-state index in [2.05, 4.69) is 43.1 Å². The number of benzene rings is 3. The van der Waals surface area contributed by atoms with E-state index in [4.69, 9.17) is 9.47 Å². The van der Waals surface area contributed by atoms with Crippen LogP contribution in [-0.2, 0) is 16.1 Å². The van der Waals surface area contributed by atoms with Crippen molar-refractivity contribution >= 4 is 11.6 Å². The molecule has 0 aliphatic carbocycles. The molecule has 1 aliphatic rings. The first-order valence-electron chi connectivity index (χ1n) is 18.7. The second kappa shape index (κ2) is 21.1. The molecule has 48 heavy (non-hydrogen) atoms. The van der Waals surface area contributed by atoms with Crippen molar-refractivity contribution in [1.82, 2.24) is 4.90 Å². The van der Waals surface area contributed by atoms with E-state index in [0.29, 0.717) is 5.56 Å². The number of rotatable bonds is 21. The van der Waals surface area contributed by atoms with Gasteiger partial charge in [0.15, 0.2) is 6.29 Å². The molecule has 0 saturated carbocycles. The Hall–Kier alpha value is -3.03. The highest BCUT2D eigenvalue weighted by Gasteiger charge is 2.39. The van der Waals surface area contributed by atoms with E-state index in [9.17, 15) is 9.90 Å². The maximum Gasteiger partial charge on any atom is 0.255 e. The van der Waals surface area contributed by atoms with Gasteiger partial charge in [0.1, 0.15) is 0 Å². The van der Waals surface area contributed by atoms with Crippen molar-refractivity contribution in [2.45, 2.75) is 123 Å². The summed E-state index contributed by atoms with van der Waals surface area (Å²) in [5.41, 5.74) is 4.28. The zero-order valence-electron chi connectivity index (χ0n) is 29.7. The molecule has 6 heteroatoms. The summed E-state index contributed by atoms with van der Waals surface area (Å²) < 4.78 is 13.6. The van der Waals surface area contributed by atoms with Crippen molar-refractivity contribution in [3.05, 3.63) is 101 Å². The maximum atomic E-state index is 12.7. The molecule has 3 aromatic rings. The third-order valence-electron chi connectivity index (χ3n) is 9.69. The van der Waals surface area contributed by atoms with Gasteiger partial charge in [-0.2, -0.15) is 0 Å². The number of carbonyl (C=O) groups is 1. The van der Waals surface area contributed by atoms with E-state index >= 15 is 0 Å². The second-order valence-corrected chi connectivity index (χ2v) is 13.6. The molecule has 0 spiro atoms. The van der Waals surface area contributed by atoms with Crippen LogP contribution in [0.25, 0.3) is 0 Å². The Balaban J connectivity index is 1.48. The van der Waals surface area contributed by atoms with Gasteiger partial charge >= 0.3 is 0 Å². The van der Waals surface area contributed by atoms with Crippen LogP contribution in [0.3, 0.4) is 0 Å². The molecule has 0 aromatic heterocycles. The van der Waals surface area contributed by atoms with E-state index in [0.717, 1.165) is 42.0 Å². The second-order valence-electron chi connectivity index (χ2n) is 13.6. The Morgan fingerprint density at radius 2 is 1.27 bits per heavy atom. The quantitative estimate of drug-likeness (QED) is 0.112. The van der Waals surface area contributed by atoms with Gasteiger partial charge in [-0.1, -0.05) is 140 Å². The summed E-state index contributed by atoms with van der Waals surface area (Å²) in [4.78, 5) is 15.4.